The van der Waals surface area contributed by atoms with Crippen molar-refractivity contribution in [3.05, 3.63) is 88.3 Å². The summed E-state index contributed by atoms with van der Waals surface area (Å²) < 4.78 is 0.974. The summed E-state index contributed by atoms with van der Waals surface area (Å²) in [5, 5.41) is 9.49. The van der Waals surface area contributed by atoms with Gasteiger partial charge in [0.15, 0.2) is 0 Å². The molecule has 1 aromatic heterocycles. The zero-order valence-electron chi connectivity index (χ0n) is 16.3. The maximum atomic E-state index is 12.4. The molecule has 0 saturated carbocycles. The highest BCUT2D eigenvalue weighted by molar-refractivity contribution is 6.02. The molecule has 3 aromatic rings. The van der Waals surface area contributed by atoms with Gasteiger partial charge < -0.3 is 10.6 Å². The van der Waals surface area contributed by atoms with E-state index in [1.807, 2.05) is 24.3 Å². The van der Waals surface area contributed by atoms with E-state index in [2.05, 4.69) is 29.6 Å². The molecule has 0 aliphatic heterocycles. The molecule has 2 amide bonds. The smallest absolute Gasteiger partial charge is 0.276 e. The number of benzene rings is 2. The fourth-order valence-corrected chi connectivity index (χ4v) is 2.71. The Bertz CT molecular complexity index is 1070. The monoisotopic (exact) mass is 390 g/mol. The predicted molar refractivity (Wildman–Crippen MR) is 112 cm³/mol. The van der Waals surface area contributed by atoms with Crippen molar-refractivity contribution < 1.29 is 9.59 Å². The molecular weight excluding hydrogens is 368 g/mol. The van der Waals surface area contributed by atoms with Crippen molar-refractivity contribution in [2.75, 3.05) is 10.6 Å². The molecule has 0 radical (unpaired) electrons. The predicted octanol–water partition coefficient (Wildman–Crippen LogP) is 3.26. The molecule has 0 aliphatic rings. The van der Waals surface area contributed by atoms with E-state index in [-0.39, 0.29) is 12.2 Å². The van der Waals surface area contributed by atoms with Crippen molar-refractivity contribution in [3.8, 4) is 0 Å². The summed E-state index contributed by atoms with van der Waals surface area (Å²) in [6.45, 7) is 3.84. The number of hydrogen-bond acceptors (Lipinski definition) is 4. The van der Waals surface area contributed by atoms with Gasteiger partial charge in [0, 0.05) is 17.4 Å². The third-order valence-electron chi connectivity index (χ3n) is 4.26. The summed E-state index contributed by atoms with van der Waals surface area (Å²) in [4.78, 5) is 36.8. The molecule has 0 bridgehead atoms. The van der Waals surface area contributed by atoms with Gasteiger partial charge in [-0.15, -0.1) is 0 Å². The number of nitrogens with zero attached hydrogens (tertiary/aromatic N) is 2. The molecule has 7 heteroatoms. The maximum absolute atomic E-state index is 12.4. The van der Waals surface area contributed by atoms with E-state index in [4.69, 9.17) is 0 Å². The molecule has 29 heavy (non-hydrogen) atoms. The van der Waals surface area contributed by atoms with Gasteiger partial charge in [-0.1, -0.05) is 44.2 Å². The van der Waals surface area contributed by atoms with E-state index in [0.717, 1.165) is 10.2 Å². The van der Waals surface area contributed by atoms with Crippen LogP contribution in [0.3, 0.4) is 0 Å². The number of nitrogens with one attached hydrogen (secondary N) is 2. The number of amides is 2. The van der Waals surface area contributed by atoms with E-state index < -0.39 is 17.4 Å². The standard InChI is InChI=1S/C22H22N4O3/c1-15(2)16-7-6-10-18(13-16)23-20(27)14-26-21(28)12-11-19(25-26)22(29)24-17-8-4-3-5-9-17/h3-13,15H,14H2,1-2H3,(H,23,27)(H,24,29). The van der Waals surface area contributed by atoms with Crippen LogP contribution >= 0.6 is 0 Å². The van der Waals surface area contributed by atoms with Gasteiger partial charge in [-0.2, -0.15) is 5.10 Å². The molecule has 148 valence electrons. The fraction of sp³-hybridized carbons (Fsp3) is 0.182. The van der Waals surface area contributed by atoms with Crippen LogP contribution in [0.25, 0.3) is 0 Å². The molecule has 2 aromatic carbocycles. The molecule has 0 unspecified atom stereocenters. The summed E-state index contributed by atoms with van der Waals surface area (Å²) in [5.74, 6) is -0.535. The van der Waals surface area contributed by atoms with E-state index in [1.165, 1.54) is 12.1 Å². The summed E-state index contributed by atoms with van der Waals surface area (Å²) >= 11 is 0. The van der Waals surface area contributed by atoms with E-state index in [9.17, 15) is 14.4 Å². The van der Waals surface area contributed by atoms with E-state index >= 15 is 0 Å². The van der Waals surface area contributed by atoms with Gasteiger partial charge in [0.2, 0.25) is 5.91 Å². The SMILES string of the molecule is CC(C)c1cccc(NC(=O)Cn2nc(C(=O)Nc3ccccc3)ccc2=O)c1. The number of anilines is 2. The van der Waals surface area contributed by atoms with E-state index in [0.29, 0.717) is 17.3 Å². The second-order valence-electron chi connectivity index (χ2n) is 6.86. The molecule has 1 heterocycles. The minimum atomic E-state index is -0.465. The second kappa shape index (κ2) is 8.97. The van der Waals surface area contributed by atoms with Crippen LogP contribution in [0.2, 0.25) is 0 Å². The number of aromatic nitrogens is 2. The first kappa shape index (κ1) is 20.0. The van der Waals surface area contributed by atoms with Gasteiger partial charge in [-0.3, -0.25) is 14.4 Å². The lowest BCUT2D eigenvalue weighted by Gasteiger charge is -2.11. The highest BCUT2D eigenvalue weighted by Crippen LogP contribution is 2.18. The number of carbonyl (C=O) groups excluding carboxylic acids is 2. The topological polar surface area (TPSA) is 93.1 Å². The minimum absolute atomic E-state index is 0.0445. The lowest BCUT2D eigenvalue weighted by atomic mass is 10.0. The van der Waals surface area contributed by atoms with E-state index in [1.54, 1.807) is 30.3 Å². The van der Waals surface area contributed by atoms with Crippen molar-refractivity contribution in [2.45, 2.75) is 26.3 Å². The van der Waals surface area contributed by atoms with Crippen molar-refractivity contribution in [2.24, 2.45) is 0 Å². The Balaban J connectivity index is 1.71. The third-order valence-corrected chi connectivity index (χ3v) is 4.26. The first-order chi connectivity index (χ1) is 13.9. The van der Waals surface area contributed by atoms with Gasteiger partial charge in [-0.25, -0.2) is 4.68 Å². The van der Waals surface area contributed by atoms with Crippen LogP contribution in [-0.4, -0.2) is 21.6 Å². The summed E-state index contributed by atoms with van der Waals surface area (Å²) in [6.07, 6.45) is 0. The minimum Gasteiger partial charge on any atom is -0.324 e. The molecule has 2 N–H and O–H groups in total. The van der Waals surface area contributed by atoms with Gasteiger partial charge in [-0.05, 0) is 41.8 Å². The first-order valence-corrected chi connectivity index (χ1v) is 9.27. The number of para-hydroxylation sites is 1. The van der Waals surface area contributed by atoms with Crippen molar-refractivity contribution >= 4 is 23.2 Å². The lowest BCUT2D eigenvalue weighted by Crippen LogP contribution is -2.31. The Hall–Kier alpha value is -3.74. The Kier molecular flexibility index (Phi) is 6.19. The summed E-state index contributed by atoms with van der Waals surface area (Å²) in [7, 11) is 0. The Morgan fingerprint density at radius 3 is 2.38 bits per heavy atom. The quantitative estimate of drug-likeness (QED) is 0.676. The molecule has 0 aliphatic carbocycles. The first-order valence-electron chi connectivity index (χ1n) is 9.27. The highest BCUT2D eigenvalue weighted by Gasteiger charge is 2.12. The van der Waals surface area contributed by atoms with Crippen LogP contribution in [-0.2, 0) is 11.3 Å². The van der Waals surface area contributed by atoms with Crippen molar-refractivity contribution in [1.82, 2.24) is 9.78 Å². The van der Waals surface area contributed by atoms with Crippen LogP contribution in [0.5, 0.6) is 0 Å². The Morgan fingerprint density at radius 2 is 1.66 bits per heavy atom. The van der Waals surface area contributed by atoms with Crippen molar-refractivity contribution in [3.63, 3.8) is 0 Å². The molecule has 0 atom stereocenters. The largest absolute Gasteiger partial charge is 0.324 e. The van der Waals surface area contributed by atoms with Crippen LogP contribution in [0.1, 0.15) is 35.8 Å². The zero-order valence-corrected chi connectivity index (χ0v) is 16.3. The zero-order chi connectivity index (χ0) is 20.8. The van der Waals surface area contributed by atoms with Gasteiger partial charge >= 0.3 is 0 Å². The van der Waals surface area contributed by atoms with Crippen molar-refractivity contribution in [1.29, 1.82) is 0 Å². The van der Waals surface area contributed by atoms with Gasteiger partial charge in [0.1, 0.15) is 12.2 Å². The Labute approximate surface area is 168 Å². The molecule has 0 saturated heterocycles. The fourth-order valence-electron chi connectivity index (χ4n) is 2.71. The van der Waals surface area contributed by atoms with Gasteiger partial charge in [0.05, 0.1) is 0 Å². The summed E-state index contributed by atoms with van der Waals surface area (Å²) in [5.41, 5.74) is 1.93. The maximum Gasteiger partial charge on any atom is 0.276 e. The Morgan fingerprint density at radius 1 is 0.931 bits per heavy atom. The third kappa shape index (κ3) is 5.38. The number of carbonyl (C=O) groups is 2. The molecule has 3 rings (SSSR count). The normalized spacial score (nSPS) is 10.6. The van der Waals surface area contributed by atoms with Gasteiger partial charge in [0.25, 0.3) is 11.5 Å². The van der Waals surface area contributed by atoms with Crippen LogP contribution in [0.15, 0.2) is 71.5 Å². The number of hydrogen-bond donors (Lipinski definition) is 2. The highest BCUT2D eigenvalue weighted by atomic mass is 16.2. The molecule has 0 spiro atoms. The summed E-state index contributed by atoms with van der Waals surface area (Å²) in [6, 6.07) is 19.0. The number of rotatable bonds is 6. The lowest BCUT2D eigenvalue weighted by molar-refractivity contribution is -0.117. The average Bonchev–Trinajstić information content (AvgIpc) is 2.70. The molecule has 7 nitrogen and oxygen atoms in total. The second-order valence-corrected chi connectivity index (χ2v) is 6.86. The van der Waals surface area contributed by atoms with Crippen LogP contribution in [0, 0.1) is 0 Å². The molecule has 0 fully saturated rings. The van der Waals surface area contributed by atoms with Crippen LogP contribution in [0.4, 0.5) is 11.4 Å². The van der Waals surface area contributed by atoms with Crippen LogP contribution < -0.4 is 16.2 Å². The average molecular weight is 390 g/mol. The molecular formula is C22H22N4O3.